The average molecular weight is 346 g/mol. The van der Waals surface area contributed by atoms with E-state index in [0.717, 1.165) is 10.2 Å². The summed E-state index contributed by atoms with van der Waals surface area (Å²) in [7, 11) is 0. The Morgan fingerprint density at radius 2 is 1.79 bits per heavy atom. The highest BCUT2D eigenvalue weighted by Gasteiger charge is 2.06. The molecule has 100 valence electrons. The fourth-order valence-electron chi connectivity index (χ4n) is 1.46. The monoisotopic (exact) mass is 344 g/mol. The fraction of sp³-hybridized carbons (Fsp3) is 0.143. The van der Waals surface area contributed by atoms with Gasteiger partial charge >= 0.3 is 0 Å². The zero-order valence-electron chi connectivity index (χ0n) is 9.91. The molecule has 0 heterocycles. The number of halogens is 3. The van der Waals surface area contributed by atoms with Gasteiger partial charge in [0.1, 0.15) is 19.0 Å². The van der Waals surface area contributed by atoms with Crippen LogP contribution in [0.4, 0.5) is 4.39 Å². The van der Waals surface area contributed by atoms with Crippen molar-refractivity contribution in [3.05, 3.63) is 57.8 Å². The molecule has 0 fully saturated rings. The normalized spacial score (nSPS) is 10.3. The zero-order chi connectivity index (χ0) is 13.7. The summed E-state index contributed by atoms with van der Waals surface area (Å²) in [5.74, 6) is 0.307. The van der Waals surface area contributed by atoms with Gasteiger partial charge in [-0.3, -0.25) is 0 Å². The van der Waals surface area contributed by atoms with Gasteiger partial charge in [-0.05, 0) is 30.3 Å². The van der Waals surface area contributed by atoms with Crippen LogP contribution in [0.15, 0.2) is 46.9 Å². The smallest absolute Gasteiger partial charge is 0.183 e. The minimum Gasteiger partial charge on any atom is -0.490 e. The summed E-state index contributed by atoms with van der Waals surface area (Å²) in [6.45, 7) is 0.562. The van der Waals surface area contributed by atoms with Crippen LogP contribution in [-0.2, 0) is 0 Å². The van der Waals surface area contributed by atoms with Gasteiger partial charge in [0.05, 0.1) is 5.02 Å². The van der Waals surface area contributed by atoms with Gasteiger partial charge in [-0.1, -0.05) is 39.7 Å². The predicted octanol–water partition coefficient (Wildman–Crippen LogP) is 4.70. The highest BCUT2D eigenvalue weighted by molar-refractivity contribution is 9.10. The molecule has 19 heavy (non-hydrogen) atoms. The summed E-state index contributed by atoms with van der Waals surface area (Å²) in [4.78, 5) is 0. The van der Waals surface area contributed by atoms with Gasteiger partial charge in [-0.2, -0.15) is 0 Å². The third kappa shape index (κ3) is 4.11. The first kappa shape index (κ1) is 14.2. The average Bonchev–Trinajstić information content (AvgIpc) is 2.39. The van der Waals surface area contributed by atoms with Crippen molar-refractivity contribution in [2.45, 2.75) is 0 Å². The van der Waals surface area contributed by atoms with Crippen molar-refractivity contribution in [3.8, 4) is 11.5 Å². The Hall–Kier alpha value is -1.26. The minimum atomic E-state index is -0.549. The summed E-state index contributed by atoms with van der Waals surface area (Å²) < 4.78 is 25.2. The van der Waals surface area contributed by atoms with E-state index in [9.17, 15) is 4.39 Å². The number of hydrogen-bond donors (Lipinski definition) is 0. The number of benzene rings is 2. The molecule has 2 aromatic carbocycles. The van der Waals surface area contributed by atoms with Crippen LogP contribution in [0.25, 0.3) is 0 Å². The van der Waals surface area contributed by atoms with E-state index in [-0.39, 0.29) is 17.4 Å². The standard InChI is InChI=1S/C14H11BrClFO2/c15-10-3-1-4-11(9-10)18-7-8-19-13-6-2-5-12(16)14(13)17/h1-6,9H,7-8H2. The van der Waals surface area contributed by atoms with Gasteiger partial charge in [-0.15, -0.1) is 0 Å². The van der Waals surface area contributed by atoms with E-state index in [1.807, 2.05) is 24.3 Å². The lowest BCUT2D eigenvalue weighted by molar-refractivity contribution is 0.211. The van der Waals surface area contributed by atoms with E-state index < -0.39 is 5.82 Å². The maximum Gasteiger partial charge on any atom is 0.183 e. The summed E-state index contributed by atoms with van der Waals surface area (Å²) in [5, 5.41) is 0.0467. The molecule has 0 N–H and O–H groups in total. The lowest BCUT2D eigenvalue weighted by atomic mass is 10.3. The highest BCUT2D eigenvalue weighted by atomic mass is 79.9. The maximum atomic E-state index is 13.5. The Morgan fingerprint density at radius 3 is 2.58 bits per heavy atom. The molecule has 0 saturated carbocycles. The molecule has 0 aliphatic rings. The van der Waals surface area contributed by atoms with Crippen LogP contribution in [0.3, 0.4) is 0 Å². The molecule has 0 amide bonds. The van der Waals surface area contributed by atoms with Crippen LogP contribution < -0.4 is 9.47 Å². The Bertz CT molecular complexity index is 563. The van der Waals surface area contributed by atoms with Crippen molar-refractivity contribution in [3.63, 3.8) is 0 Å². The second-order valence-electron chi connectivity index (χ2n) is 3.71. The van der Waals surface area contributed by atoms with E-state index >= 15 is 0 Å². The molecule has 0 bridgehead atoms. The predicted molar refractivity (Wildman–Crippen MR) is 76.5 cm³/mol. The molecule has 0 aromatic heterocycles. The van der Waals surface area contributed by atoms with E-state index in [1.54, 1.807) is 6.07 Å². The lowest BCUT2D eigenvalue weighted by Crippen LogP contribution is -2.09. The molecule has 2 nitrogen and oxygen atoms in total. The Kier molecular flexibility index (Phi) is 5.05. The topological polar surface area (TPSA) is 18.5 Å². The molecule has 0 aliphatic carbocycles. The third-order valence-electron chi connectivity index (χ3n) is 2.32. The summed E-state index contributed by atoms with van der Waals surface area (Å²) >= 11 is 9.00. The Balaban J connectivity index is 1.82. The minimum absolute atomic E-state index is 0.0467. The van der Waals surface area contributed by atoms with Gasteiger partial charge in [-0.25, -0.2) is 4.39 Å². The zero-order valence-corrected chi connectivity index (χ0v) is 12.2. The van der Waals surface area contributed by atoms with Crippen molar-refractivity contribution in [2.24, 2.45) is 0 Å². The van der Waals surface area contributed by atoms with E-state index in [2.05, 4.69) is 15.9 Å². The van der Waals surface area contributed by atoms with Crippen molar-refractivity contribution < 1.29 is 13.9 Å². The number of rotatable bonds is 5. The second kappa shape index (κ2) is 6.78. The van der Waals surface area contributed by atoms with Crippen LogP contribution in [0.2, 0.25) is 5.02 Å². The largest absolute Gasteiger partial charge is 0.490 e. The van der Waals surface area contributed by atoms with Crippen molar-refractivity contribution >= 4 is 27.5 Å². The molecule has 2 aromatic rings. The van der Waals surface area contributed by atoms with Gasteiger partial charge < -0.3 is 9.47 Å². The molecule has 0 radical (unpaired) electrons. The molecule has 0 spiro atoms. The van der Waals surface area contributed by atoms with Crippen molar-refractivity contribution in [1.29, 1.82) is 0 Å². The Morgan fingerprint density at radius 1 is 1.05 bits per heavy atom. The number of hydrogen-bond acceptors (Lipinski definition) is 2. The van der Waals surface area contributed by atoms with Crippen LogP contribution >= 0.6 is 27.5 Å². The first-order chi connectivity index (χ1) is 9.16. The van der Waals surface area contributed by atoms with Gasteiger partial charge in [0.2, 0.25) is 0 Å². The fourth-order valence-corrected chi connectivity index (χ4v) is 2.01. The second-order valence-corrected chi connectivity index (χ2v) is 5.03. The van der Waals surface area contributed by atoms with Crippen molar-refractivity contribution in [2.75, 3.05) is 13.2 Å². The molecular weight excluding hydrogens is 335 g/mol. The quantitative estimate of drug-likeness (QED) is 0.731. The Labute approximate surface area is 124 Å². The van der Waals surface area contributed by atoms with E-state index in [0.29, 0.717) is 6.61 Å². The van der Waals surface area contributed by atoms with E-state index in [4.69, 9.17) is 21.1 Å². The first-order valence-corrected chi connectivity index (χ1v) is 6.79. The summed E-state index contributed by atoms with van der Waals surface area (Å²) in [6, 6.07) is 12.1. The number of ether oxygens (including phenoxy) is 2. The maximum absolute atomic E-state index is 13.5. The third-order valence-corrected chi connectivity index (χ3v) is 3.11. The van der Waals surface area contributed by atoms with Crippen LogP contribution in [0.1, 0.15) is 0 Å². The summed E-state index contributed by atoms with van der Waals surface area (Å²) in [6.07, 6.45) is 0. The molecule has 0 saturated heterocycles. The first-order valence-electron chi connectivity index (χ1n) is 5.62. The van der Waals surface area contributed by atoms with Gasteiger partial charge in [0.25, 0.3) is 0 Å². The van der Waals surface area contributed by atoms with E-state index in [1.165, 1.54) is 12.1 Å². The van der Waals surface area contributed by atoms with Gasteiger partial charge in [0, 0.05) is 4.47 Å². The van der Waals surface area contributed by atoms with Crippen molar-refractivity contribution in [1.82, 2.24) is 0 Å². The molecule has 2 rings (SSSR count). The van der Waals surface area contributed by atoms with Crippen LogP contribution in [0, 0.1) is 5.82 Å². The SMILES string of the molecule is Fc1c(Cl)cccc1OCCOc1cccc(Br)c1. The molecule has 0 aliphatic heterocycles. The lowest BCUT2D eigenvalue weighted by Gasteiger charge is -2.09. The van der Waals surface area contributed by atoms with Crippen LogP contribution in [-0.4, -0.2) is 13.2 Å². The van der Waals surface area contributed by atoms with Crippen LogP contribution in [0.5, 0.6) is 11.5 Å². The summed E-state index contributed by atoms with van der Waals surface area (Å²) in [5.41, 5.74) is 0. The molecule has 5 heteroatoms. The highest BCUT2D eigenvalue weighted by Crippen LogP contribution is 2.24. The molecular formula is C14H11BrClFO2. The molecule has 0 unspecified atom stereocenters. The van der Waals surface area contributed by atoms with Gasteiger partial charge in [0.15, 0.2) is 11.6 Å². The molecule has 0 atom stereocenters.